The van der Waals surface area contributed by atoms with Crippen LogP contribution in [-0.2, 0) is 20.7 Å². The molecule has 172 valence electrons. The highest BCUT2D eigenvalue weighted by molar-refractivity contribution is 6.00. The number of nitrogens with zero attached hydrogens (tertiary/aromatic N) is 3. The number of amides is 2. The number of carbonyl (C=O) groups is 2. The number of aliphatic hydroxyl groups is 1. The van der Waals surface area contributed by atoms with Gasteiger partial charge in [0, 0.05) is 23.7 Å². The van der Waals surface area contributed by atoms with Crippen LogP contribution < -0.4 is 10.2 Å². The molecule has 0 unspecified atom stereocenters. The maximum absolute atomic E-state index is 15.1. The highest BCUT2D eigenvalue weighted by atomic mass is 19.1. The molecule has 1 saturated heterocycles. The molecular formula is C22H21FN4O6. The van der Waals surface area contributed by atoms with Gasteiger partial charge in [-0.25, -0.2) is 14.0 Å². The van der Waals surface area contributed by atoms with E-state index in [2.05, 4.69) is 20.2 Å². The van der Waals surface area contributed by atoms with Crippen molar-refractivity contribution in [2.24, 2.45) is 5.16 Å². The van der Waals surface area contributed by atoms with Gasteiger partial charge in [-0.1, -0.05) is 11.2 Å². The summed E-state index contributed by atoms with van der Waals surface area (Å²) < 4.78 is 25.0. The molecule has 1 aromatic carbocycles. The summed E-state index contributed by atoms with van der Waals surface area (Å²) in [6, 6.07) is 6.18. The van der Waals surface area contributed by atoms with Crippen LogP contribution in [0.5, 0.6) is 0 Å². The Morgan fingerprint density at radius 1 is 1.36 bits per heavy atom. The van der Waals surface area contributed by atoms with Gasteiger partial charge in [-0.05, 0) is 30.2 Å². The second-order valence-corrected chi connectivity index (χ2v) is 7.98. The van der Waals surface area contributed by atoms with Gasteiger partial charge in [0.25, 0.3) is 0 Å². The van der Waals surface area contributed by atoms with E-state index in [-0.39, 0.29) is 25.3 Å². The lowest BCUT2D eigenvalue weighted by Crippen LogP contribution is -2.40. The number of benzene rings is 1. The Morgan fingerprint density at radius 2 is 2.21 bits per heavy atom. The maximum Gasteiger partial charge on any atom is 0.415 e. The fourth-order valence-electron chi connectivity index (χ4n) is 4.34. The number of methoxy groups -OCH3 is 1. The normalized spacial score (nSPS) is 22.9. The Hall–Kier alpha value is -3.73. The third kappa shape index (κ3) is 3.74. The number of rotatable bonds is 5. The molecule has 0 aliphatic carbocycles. The van der Waals surface area contributed by atoms with Gasteiger partial charge < -0.3 is 24.7 Å². The van der Waals surface area contributed by atoms with Gasteiger partial charge in [0.2, 0.25) is 0 Å². The van der Waals surface area contributed by atoms with Crippen molar-refractivity contribution in [1.82, 2.24) is 10.3 Å². The Morgan fingerprint density at radius 3 is 2.91 bits per heavy atom. The predicted octanol–water partition coefficient (Wildman–Crippen LogP) is 1.98. The van der Waals surface area contributed by atoms with Crippen molar-refractivity contribution in [3.63, 3.8) is 0 Å². The minimum atomic E-state index is -0.619. The highest BCUT2D eigenvalue weighted by Crippen LogP contribution is 2.41. The van der Waals surface area contributed by atoms with E-state index < -0.39 is 24.1 Å². The molecule has 33 heavy (non-hydrogen) atoms. The summed E-state index contributed by atoms with van der Waals surface area (Å²) in [5.74, 6) is -0.491. The number of anilines is 1. The summed E-state index contributed by atoms with van der Waals surface area (Å²) in [5, 5.41) is 15.6. The van der Waals surface area contributed by atoms with Crippen LogP contribution in [0.15, 0.2) is 35.6 Å². The van der Waals surface area contributed by atoms with Crippen molar-refractivity contribution in [3.8, 4) is 11.1 Å². The molecule has 0 saturated carbocycles. The SMILES string of the molecule is COC(=O)NC[C@@H]1OC(=O)N2c3cc(F)c(-c4ccc(C5=NO[C@H](CO)C5)nc4)cc3C[C@@H]12. The lowest BCUT2D eigenvalue weighted by atomic mass is 9.99. The van der Waals surface area contributed by atoms with E-state index in [0.717, 1.165) is 5.56 Å². The van der Waals surface area contributed by atoms with Crippen LogP contribution in [0.1, 0.15) is 17.7 Å². The van der Waals surface area contributed by atoms with Crippen LogP contribution in [0, 0.1) is 5.82 Å². The molecule has 0 spiro atoms. The van der Waals surface area contributed by atoms with E-state index in [1.165, 1.54) is 18.1 Å². The molecule has 4 heterocycles. The van der Waals surface area contributed by atoms with Gasteiger partial charge in [-0.15, -0.1) is 0 Å². The van der Waals surface area contributed by atoms with Crippen LogP contribution in [0.25, 0.3) is 11.1 Å². The van der Waals surface area contributed by atoms with Crippen molar-refractivity contribution in [1.29, 1.82) is 0 Å². The zero-order valence-corrected chi connectivity index (χ0v) is 17.7. The molecule has 3 aliphatic rings. The quantitative estimate of drug-likeness (QED) is 0.705. The first-order valence-corrected chi connectivity index (χ1v) is 10.4. The molecule has 5 rings (SSSR count). The lowest BCUT2D eigenvalue weighted by Gasteiger charge is -2.16. The maximum atomic E-state index is 15.1. The summed E-state index contributed by atoms with van der Waals surface area (Å²) in [6.07, 6.45) is 0.333. The van der Waals surface area contributed by atoms with Crippen LogP contribution >= 0.6 is 0 Å². The number of oxime groups is 1. The smallest absolute Gasteiger partial charge is 0.415 e. The van der Waals surface area contributed by atoms with E-state index in [4.69, 9.17) is 9.57 Å². The summed E-state index contributed by atoms with van der Waals surface area (Å²) >= 11 is 0. The summed E-state index contributed by atoms with van der Waals surface area (Å²) in [5.41, 5.74) is 3.44. The summed E-state index contributed by atoms with van der Waals surface area (Å²) in [6.45, 7) is -0.0321. The first-order chi connectivity index (χ1) is 16.0. The number of ether oxygens (including phenoxy) is 2. The molecule has 10 nitrogen and oxygen atoms in total. The number of carbonyl (C=O) groups excluding carboxylic acids is 2. The van der Waals surface area contributed by atoms with Crippen molar-refractivity contribution < 1.29 is 33.4 Å². The molecule has 2 N–H and O–H groups in total. The monoisotopic (exact) mass is 456 g/mol. The fraction of sp³-hybridized carbons (Fsp3) is 0.364. The Balaban J connectivity index is 1.37. The van der Waals surface area contributed by atoms with Crippen LogP contribution in [-0.4, -0.2) is 66.5 Å². The van der Waals surface area contributed by atoms with Gasteiger partial charge >= 0.3 is 12.2 Å². The molecule has 2 amide bonds. The molecule has 2 aromatic rings. The predicted molar refractivity (Wildman–Crippen MR) is 113 cm³/mol. The zero-order chi connectivity index (χ0) is 23.1. The average Bonchev–Trinajstić information content (AvgIpc) is 3.52. The van der Waals surface area contributed by atoms with Gasteiger partial charge in [-0.2, -0.15) is 0 Å². The first kappa shape index (κ1) is 21.1. The Kier molecular flexibility index (Phi) is 5.33. The molecule has 0 radical (unpaired) electrons. The van der Waals surface area contributed by atoms with E-state index in [1.807, 2.05) is 0 Å². The van der Waals surface area contributed by atoms with E-state index in [9.17, 15) is 14.7 Å². The Bertz CT molecular complexity index is 1140. The van der Waals surface area contributed by atoms with Gasteiger partial charge in [-0.3, -0.25) is 9.88 Å². The van der Waals surface area contributed by atoms with E-state index in [0.29, 0.717) is 41.1 Å². The third-order valence-electron chi connectivity index (χ3n) is 6.01. The number of nitrogens with one attached hydrogen (secondary N) is 1. The zero-order valence-electron chi connectivity index (χ0n) is 17.7. The molecule has 1 aromatic heterocycles. The largest absolute Gasteiger partial charge is 0.453 e. The number of alkyl carbamates (subject to hydrolysis) is 1. The summed E-state index contributed by atoms with van der Waals surface area (Å²) in [4.78, 5) is 34.7. The van der Waals surface area contributed by atoms with E-state index in [1.54, 1.807) is 24.4 Å². The van der Waals surface area contributed by atoms with Gasteiger partial charge in [0.1, 0.15) is 17.6 Å². The minimum Gasteiger partial charge on any atom is -0.453 e. The van der Waals surface area contributed by atoms with Crippen molar-refractivity contribution in [2.45, 2.75) is 31.1 Å². The molecule has 3 atom stereocenters. The van der Waals surface area contributed by atoms with Crippen molar-refractivity contribution in [3.05, 3.63) is 47.5 Å². The number of hydrogen-bond donors (Lipinski definition) is 2. The lowest BCUT2D eigenvalue weighted by molar-refractivity contribution is 0.0390. The van der Waals surface area contributed by atoms with Crippen LogP contribution in [0.3, 0.4) is 0 Å². The third-order valence-corrected chi connectivity index (χ3v) is 6.01. The highest BCUT2D eigenvalue weighted by Gasteiger charge is 2.47. The number of hydrogen-bond acceptors (Lipinski definition) is 8. The number of aromatic nitrogens is 1. The Labute approximate surface area is 187 Å². The molecular weight excluding hydrogens is 435 g/mol. The van der Waals surface area contributed by atoms with Crippen molar-refractivity contribution >= 4 is 23.6 Å². The molecule has 0 bridgehead atoms. The first-order valence-electron chi connectivity index (χ1n) is 10.4. The molecule has 3 aliphatic heterocycles. The van der Waals surface area contributed by atoms with Crippen LogP contribution in [0.4, 0.5) is 19.7 Å². The molecule has 1 fully saturated rings. The summed E-state index contributed by atoms with van der Waals surface area (Å²) in [7, 11) is 1.25. The second kappa shape index (κ2) is 8.32. The number of cyclic esters (lactones) is 1. The van der Waals surface area contributed by atoms with Crippen LogP contribution in [0.2, 0.25) is 0 Å². The van der Waals surface area contributed by atoms with E-state index >= 15 is 4.39 Å². The topological polar surface area (TPSA) is 123 Å². The van der Waals surface area contributed by atoms with Gasteiger partial charge in [0.05, 0.1) is 37.7 Å². The average molecular weight is 456 g/mol. The minimum absolute atomic E-state index is 0.0963. The number of aliphatic hydroxyl groups excluding tert-OH is 1. The van der Waals surface area contributed by atoms with Crippen molar-refractivity contribution in [2.75, 3.05) is 25.2 Å². The van der Waals surface area contributed by atoms with Gasteiger partial charge in [0.15, 0.2) is 6.10 Å². The second-order valence-electron chi connectivity index (χ2n) is 7.98. The molecule has 11 heteroatoms. The number of pyridine rings is 1. The fourth-order valence-corrected chi connectivity index (χ4v) is 4.34. The number of fused-ring (bicyclic) bond motifs is 3. The standard InChI is InChI=1S/C22H21FN4O6/c1-31-21(29)25-9-20-19-5-12-4-14(15(23)7-18(12)27(19)22(30)32-20)11-2-3-16(24-8-11)17-6-13(10-28)33-26-17/h2-4,7-8,13,19-20,28H,5-6,9-10H2,1H3,(H,25,29)/t13-,19-,20-/m0/s1. The number of halogens is 1.